The molecule has 0 spiro atoms. The van der Waals surface area contributed by atoms with Crippen molar-refractivity contribution in [1.82, 2.24) is 0 Å². The molecule has 0 heterocycles. The molecule has 3 nitrogen and oxygen atoms in total. The van der Waals surface area contributed by atoms with E-state index >= 15 is 0 Å². The van der Waals surface area contributed by atoms with E-state index in [1.54, 1.807) is 0 Å². The summed E-state index contributed by atoms with van der Waals surface area (Å²) < 4.78 is 0. The summed E-state index contributed by atoms with van der Waals surface area (Å²) in [6.45, 7) is 0. The Morgan fingerprint density at radius 3 is 1.91 bits per heavy atom. The van der Waals surface area contributed by atoms with Crippen LogP contribution in [0.15, 0.2) is 24.3 Å². The Kier molecular flexibility index (Phi) is 3.40. The highest BCUT2D eigenvalue weighted by Gasteiger charge is 1.91. The largest absolute Gasteiger partial charge is 0.412 e. The SMILES string of the molecule is CN(C)c1ccc(N)cc1.O. The molecule has 0 aromatic heterocycles. The van der Waals surface area contributed by atoms with Gasteiger partial charge < -0.3 is 16.1 Å². The first-order valence-electron chi connectivity index (χ1n) is 3.23. The van der Waals surface area contributed by atoms with Crippen molar-refractivity contribution in [2.24, 2.45) is 0 Å². The van der Waals surface area contributed by atoms with Crippen LogP contribution in [-0.2, 0) is 0 Å². The number of anilines is 2. The molecular formula is C8H14N2O. The molecule has 4 N–H and O–H groups in total. The lowest BCUT2D eigenvalue weighted by molar-refractivity contribution is 0.824. The van der Waals surface area contributed by atoms with Crippen LogP contribution in [-0.4, -0.2) is 19.6 Å². The van der Waals surface area contributed by atoms with Crippen LogP contribution in [0, 0.1) is 0 Å². The van der Waals surface area contributed by atoms with Crippen molar-refractivity contribution in [1.29, 1.82) is 0 Å². The van der Waals surface area contributed by atoms with E-state index in [0.717, 1.165) is 5.69 Å². The third-order valence-corrected chi connectivity index (χ3v) is 1.41. The average molecular weight is 154 g/mol. The van der Waals surface area contributed by atoms with E-state index in [2.05, 4.69) is 0 Å². The average Bonchev–Trinajstić information content (AvgIpc) is 1.88. The van der Waals surface area contributed by atoms with E-state index in [-0.39, 0.29) is 5.48 Å². The van der Waals surface area contributed by atoms with Crippen molar-refractivity contribution in [3.8, 4) is 0 Å². The van der Waals surface area contributed by atoms with Gasteiger partial charge in [0.05, 0.1) is 0 Å². The minimum atomic E-state index is 0. The van der Waals surface area contributed by atoms with Crippen molar-refractivity contribution in [2.75, 3.05) is 24.7 Å². The number of benzene rings is 1. The van der Waals surface area contributed by atoms with Gasteiger partial charge in [-0.3, -0.25) is 0 Å². The number of hydrogen-bond donors (Lipinski definition) is 1. The zero-order valence-electron chi connectivity index (χ0n) is 6.83. The van der Waals surface area contributed by atoms with Crippen LogP contribution < -0.4 is 10.6 Å². The zero-order valence-corrected chi connectivity index (χ0v) is 6.83. The molecular weight excluding hydrogens is 140 g/mol. The Labute approximate surface area is 66.7 Å². The van der Waals surface area contributed by atoms with Gasteiger partial charge in [0.25, 0.3) is 0 Å². The lowest BCUT2D eigenvalue weighted by Gasteiger charge is -2.11. The summed E-state index contributed by atoms with van der Waals surface area (Å²) in [5, 5.41) is 0. The number of nitrogens with zero attached hydrogens (tertiary/aromatic N) is 1. The maximum atomic E-state index is 5.51. The Morgan fingerprint density at radius 1 is 1.09 bits per heavy atom. The van der Waals surface area contributed by atoms with E-state index in [0.29, 0.717) is 0 Å². The first-order chi connectivity index (χ1) is 4.70. The summed E-state index contributed by atoms with van der Waals surface area (Å²) in [5.41, 5.74) is 7.49. The molecule has 62 valence electrons. The molecule has 0 radical (unpaired) electrons. The topological polar surface area (TPSA) is 60.8 Å². The fourth-order valence-corrected chi connectivity index (χ4v) is 0.772. The Hall–Kier alpha value is -1.22. The van der Waals surface area contributed by atoms with Gasteiger partial charge in [0.15, 0.2) is 0 Å². The number of hydrogen-bond acceptors (Lipinski definition) is 2. The molecule has 1 rings (SSSR count). The van der Waals surface area contributed by atoms with E-state index < -0.39 is 0 Å². The summed E-state index contributed by atoms with van der Waals surface area (Å²) >= 11 is 0. The first-order valence-corrected chi connectivity index (χ1v) is 3.23. The quantitative estimate of drug-likeness (QED) is 0.599. The number of rotatable bonds is 1. The normalized spacial score (nSPS) is 8.55. The summed E-state index contributed by atoms with van der Waals surface area (Å²) in [4.78, 5) is 2.04. The third kappa shape index (κ3) is 2.47. The van der Waals surface area contributed by atoms with Crippen LogP contribution in [0.3, 0.4) is 0 Å². The maximum Gasteiger partial charge on any atom is 0.0362 e. The molecule has 0 atom stereocenters. The molecule has 0 saturated carbocycles. The van der Waals surface area contributed by atoms with Gasteiger partial charge >= 0.3 is 0 Å². The summed E-state index contributed by atoms with van der Waals surface area (Å²) in [5.74, 6) is 0. The van der Waals surface area contributed by atoms with E-state index in [1.807, 2.05) is 43.3 Å². The van der Waals surface area contributed by atoms with Gasteiger partial charge in [-0.05, 0) is 24.3 Å². The van der Waals surface area contributed by atoms with E-state index in [9.17, 15) is 0 Å². The molecule has 0 amide bonds. The van der Waals surface area contributed by atoms with Gasteiger partial charge in [0.2, 0.25) is 0 Å². The summed E-state index contributed by atoms with van der Waals surface area (Å²) in [6.07, 6.45) is 0. The van der Waals surface area contributed by atoms with Crippen molar-refractivity contribution >= 4 is 11.4 Å². The summed E-state index contributed by atoms with van der Waals surface area (Å²) in [6, 6.07) is 7.79. The Morgan fingerprint density at radius 2 is 1.55 bits per heavy atom. The minimum absolute atomic E-state index is 0. The molecule has 0 bridgehead atoms. The molecule has 1 aromatic carbocycles. The summed E-state index contributed by atoms with van der Waals surface area (Å²) in [7, 11) is 4.01. The molecule has 1 aromatic rings. The van der Waals surface area contributed by atoms with Gasteiger partial charge in [0.1, 0.15) is 0 Å². The lowest BCUT2D eigenvalue weighted by Crippen LogP contribution is -2.08. The van der Waals surface area contributed by atoms with Crippen molar-refractivity contribution < 1.29 is 5.48 Å². The fourth-order valence-electron chi connectivity index (χ4n) is 0.772. The molecule has 11 heavy (non-hydrogen) atoms. The second kappa shape index (κ2) is 3.83. The van der Waals surface area contributed by atoms with E-state index in [1.165, 1.54) is 5.69 Å². The van der Waals surface area contributed by atoms with Gasteiger partial charge in [-0.1, -0.05) is 0 Å². The van der Waals surface area contributed by atoms with Crippen LogP contribution in [0.5, 0.6) is 0 Å². The number of nitrogen functional groups attached to an aromatic ring is 1. The molecule has 3 heteroatoms. The van der Waals surface area contributed by atoms with Crippen molar-refractivity contribution in [2.45, 2.75) is 0 Å². The lowest BCUT2D eigenvalue weighted by atomic mass is 10.3. The minimum Gasteiger partial charge on any atom is -0.412 e. The monoisotopic (exact) mass is 154 g/mol. The highest BCUT2D eigenvalue weighted by molar-refractivity contribution is 5.51. The zero-order chi connectivity index (χ0) is 7.56. The first kappa shape index (κ1) is 9.78. The Bertz CT molecular complexity index is 206. The molecule has 0 aliphatic rings. The smallest absolute Gasteiger partial charge is 0.0362 e. The van der Waals surface area contributed by atoms with Gasteiger partial charge in [0, 0.05) is 25.5 Å². The van der Waals surface area contributed by atoms with Crippen LogP contribution in [0.25, 0.3) is 0 Å². The molecule has 0 fully saturated rings. The molecule has 0 aliphatic heterocycles. The van der Waals surface area contributed by atoms with Crippen LogP contribution in [0.1, 0.15) is 0 Å². The standard InChI is InChI=1S/C8H12N2.H2O/c1-10(2)8-5-3-7(9)4-6-8;/h3-6H,9H2,1-2H3;1H2. The van der Waals surface area contributed by atoms with Gasteiger partial charge in [-0.25, -0.2) is 0 Å². The molecule has 0 saturated heterocycles. The van der Waals surface area contributed by atoms with Crippen molar-refractivity contribution in [3.05, 3.63) is 24.3 Å². The Balaban J connectivity index is 0.000001000. The van der Waals surface area contributed by atoms with Gasteiger partial charge in [-0.2, -0.15) is 0 Å². The third-order valence-electron chi connectivity index (χ3n) is 1.41. The van der Waals surface area contributed by atoms with Crippen LogP contribution >= 0.6 is 0 Å². The second-order valence-electron chi connectivity index (χ2n) is 2.49. The predicted octanol–water partition coefficient (Wildman–Crippen LogP) is 0.510. The maximum absolute atomic E-state index is 5.51. The van der Waals surface area contributed by atoms with Crippen LogP contribution in [0.2, 0.25) is 0 Å². The van der Waals surface area contributed by atoms with E-state index in [4.69, 9.17) is 5.73 Å². The number of nitrogens with two attached hydrogens (primary N) is 1. The fraction of sp³-hybridized carbons (Fsp3) is 0.250. The highest BCUT2D eigenvalue weighted by Crippen LogP contribution is 2.12. The molecule has 0 unspecified atom stereocenters. The predicted molar refractivity (Wildman–Crippen MR) is 48.8 cm³/mol. The van der Waals surface area contributed by atoms with Crippen LogP contribution in [0.4, 0.5) is 11.4 Å². The van der Waals surface area contributed by atoms with Crippen molar-refractivity contribution in [3.63, 3.8) is 0 Å². The highest BCUT2D eigenvalue weighted by atomic mass is 16.0. The second-order valence-corrected chi connectivity index (χ2v) is 2.49. The van der Waals surface area contributed by atoms with Gasteiger partial charge in [-0.15, -0.1) is 0 Å². The molecule has 0 aliphatic carbocycles.